The van der Waals surface area contributed by atoms with Gasteiger partial charge >= 0.3 is 6.18 Å². The summed E-state index contributed by atoms with van der Waals surface area (Å²) in [7, 11) is 2.71. The lowest BCUT2D eigenvalue weighted by molar-refractivity contribution is -0.137. The van der Waals surface area contributed by atoms with Gasteiger partial charge in [0.15, 0.2) is 11.5 Å². The largest absolute Gasteiger partial charge is 0.495 e. The number of methoxy groups -OCH3 is 2. The summed E-state index contributed by atoms with van der Waals surface area (Å²) in [5, 5.41) is 3.73. The van der Waals surface area contributed by atoms with Gasteiger partial charge in [0.1, 0.15) is 18.9 Å². The van der Waals surface area contributed by atoms with Gasteiger partial charge in [0.25, 0.3) is 11.1 Å². The highest BCUT2D eigenvalue weighted by atomic mass is 79.9. The van der Waals surface area contributed by atoms with E-state index < -0.39 is 35.3 Å². The van der Waals surface area contributed by atoms with Crippen molar-refractivity contribution in [3.05, 3.63) is 98.9 Å². The number of benzene rings is 4. The van der Waals surface area contributed by atoms with Crippen LogP contribution < -0.4 is 19.5 Å². The molecular formula is C32H24BrF3N2O6S. The van der Waals surface area contributed by atoms with Gasteiger partial charge in [-0.1, -0.05) is 58.4 Å². The molecule has 1 N–H and O–H groups in total. The van der Waals surface area contributed by atoms with Crippen LogP contribution in [0.4, 0.5) is 23.7 Å². The predicted molar refractivity (Wildman–Crippen MR) is 168 cm³/mol. The number of thioether (sulfide) groups is 1. The number of ether oxygens (including phenoxy) is 3. The smallest absolute Gasteiger partial charge is 0.416 e. The van der Waals surface area contributed by atoms with Crippen molar-refractivity contribution in [2.75, 3.05) is 26.1 Å². The Morgan fingerprint density at radius 1 is 0.956 bits per heavy atom. The van der Waals surface area contributed by atoms with Crippen molar-refractivity contribution in [3.8, 4) is 17.2 Å². The summed E-state index contributed by atoms with van der Waals surface area (Å²) in [5.41, 5.74) is 0.241. The van der Waals surface area contributed by atoms with Crippen LogP contribution >= 0.6 is 27.7 Å². The van der Waals surface area contributed by atoms with Gasteiger partial charge in [0, 0.05) is 4.47 Å². The monoisotopic (exact) mass is 700 g/mol. The average molecular weight is 702 g/mol. The molecule has 1 saturated heterocycles. The van der Waals surface area contributed by atoms with Crippen LogP contribution in [-0.4, -0.2) is 42.7 Å². The Bertz CT molecular complexity index is 1840. The van der Waals surface area contributed by atoms with Gasteiger partial charge in [0.2, 0.25) is 5.91 Å². The molecule has 0 spiro atoms. The summed E-state index contributed by atoms with van der Waals surface area (Å²) in [6.45, 7) is -0.441. The van der Waals surface area contributed by atoms with E-state index in [-0.39, 0.29) is 22.9 Å². The molecule has 5 rings (SSSR count). The molecule has 1 aliphatic heterocycles. The quantitative estimate of drug-likeness (QED) is 0.178. The lowest BCUT2D eigenvalue weighted by atomic mass is 10.1. The van der Waals surface area contributed by atoms with Crippen LogP contribution in [0.25, 0.3) is 16.8 Å². The molecule has 1 heterocycles. The molecule has 8 nitrogen and oxygen atoms in total. The number of nitrogens with zero attached hydrogens (tertiary/aromatic N) is 1. The molecule has 0 aliphatic carbocycles. The number of halogens is 4. The maximum absolute atomic E-state index is 13.2. The summed E-state index contributed by atoms with van der Waals surface area (Å²) >= 11 is 4.11. The van der Waals surface area contributed by atoms with Gasteiger partial charge in [-0.3, -0.25) is 19.3 Å². The highest BCUT2D eigenvalue weighted by molar-refractivity contribution is 9.10. The number of fused-ring (bicyclic) bond motifs is 1. The minimum Gasteiger partial charge on any atom is -0.495 e. The van der Waals surface area contributed by atoms with Crippen molar-refractivity contribution in [2.24, 2.45) is 0 Å². The van der Waals surface area contributed by atoms with Crippen LogP contribution in [-0.2, 0) is 22.4 Å². The normalized spacial score (nSPS) is 14.3. The topological polar surface area (TPSA) is 94.2 Å². The van der Waals surface area contributed by atoms with E-state index in [9.17, 15) is 27.6 Å². The third kappa shape index (κ3) is 7.10. The zero-order valence-electron chi connectivity index (χ0n) is 23.7. The van der Waals surface area contributed by atoms with Crippen molar-refractivity contribution >= 4 is 67.3 Å². The molecule has 0 radical (unpaired) electrons. The zero-order chi connectivity index (χ0) is 32.3. The number of hydrogen-bond acceptors (Lipinski definition) is 7. The minimum atomic E-state index is -4.65. The number of carbonyl (C=O) groups is 3. The number of nitrogens with one attached hydrogen (secondary N) is 1. The first kappa shape index (κ1) is 31.9. The maximum Gasteiger partial charge on any atom is 0.416 e. The third-order valence-corrected chi connectivity index (χ3v) is 8.40. The lowest BCUT2D eigenvalue weighted by Gasteiger charge is -2.16. The molecule has 0 saturated carbocycles. The van der Waals surface area contributed by atoms with Gasteiger partial charge in [0.05, 0.1) is 30.4 Å². The van der Waals surface area contributed by atoms with Crippen LogP contribution in [0.1, 0.15) is 16.7 Å². The molecule has 0 unspecified atom stereocenters. The third-order valence-electron chi connectivity index (χ3n) is 6.81. The van der Waals surface area contributed by atoms with Crippen molar-refractivity contribution in [1.29, 1.82) is 0 Å². The molecule has 0 aromatic heterocycles. The summed E-state index contributed by atoms with van der Waals surface area (Å²) < 4.78 is 56.7. The minimum absolute atomic E-state index is 0.0197. The molecule has 232 valence electrons. The van der Waals surface area contributed by atoms with E-state index in [1.165, 1.54) is 20.3 Å². The molecule has 4 aromatic rings. The molecule has 4 aromatic carbocycles. The van der Waals surface area contributed by atoms with Crippen LogP contribution in [0.5, 0.6) is 17.2 Å². The fourth-order valence-corrected chi connectivity index (χ4v) is 5.87. The number of imide groups is 1. The highest BCUT2D eigenvalue weighted by Gasteiger charge is 2.37. The summed E-state index contributed by atoms with van der Waals surface area (Å²) in [6.07, 6.45) is -3.18. The predicted octanol–water partition coefficient (Wildman–Crippen LogP) is 7.89. The van der Waals surface area contributed by atoms with Crippen molar-refractivity contribution in [2.45, 2.75) is 12.8 Å². The maximum atomic E-state index is 13.2. The molecule has 0 atom stereocenters. The standard InChI is InChI=1S/C32H24BrF3N2O6S/c1-42-25-11-10-21(32(34,35)36)14-24(25)37-29(39)16-38-30(40)28(45-31(38)41)13-20-12-26(43-2)27(15-23(20)33)44-17-19-8-5-7-18-6-3-4-9-22(18)19/h3-15H,16-17H2,1-2H3,(H,37,39)/b28-13-. The number of carbonyl (C=O) groups excluding carboxylic acids is 3. The lowest BCUT2D eigenvalue weighted by Crippen LogP contribution is -2.36. The molecule has 45 heavy (non-hydrogen) atoms. The first-order valence-electron chi connectivity index (χ1n) is 13.3. The van der Waals surface area contributed by atoms with Crippen LogP contribution in [0.2, 0.25) is 0 Å². The van der Waals surface area contributed by atoms with Gasteiger partial charge in [-0.15, -0.1) is 0 Å². The molecule has 1 fully saturated rings. The Labute approximate surface area is 268 Å². The Kier molecular flexibility index (Phi) is 9.40. The van der Waals surface area contributed by atoms with Crippen molar-refractivity contribution < 1.29 is 41.8 Å². The number of anilines is 1. The van der Waals surface area contributed by atoms with E-state index in [1.807, 2.05) is 42.5 Å². The van der Waals surface area contributed by atoms with E-state index in [1.54, 1.807) is 12.1 Å². The zero-order valence-corrected chi connectivity index (χ0v) is 26.1. The number of hydrogen-bond donors (Lipinski definition) is 1. The highest BCUT2D eigenvalue weighted by Crippen LogP contribution is 2.39. The van der Waals surface area contributed by atoms with Gasteiger partial charge in [-0.25, -0.2) is 0 Å². The second-order valence-corrected chi connectivity index (χ2v) is 11.5. The summed E-state index contributed by atoms with van der Waals surface area (Å²) in [5.74, 6) is -0.804. The summed E-state index contributed by atoms with van der Waals surface area (Å²) in [4.78, 5) is 39.2. The Hall–Kier alpha value is -4.49. The average Bonchev–Trinajstić information content (AvgIpc) is 3.27. The number of rotatable bonds is 9. The van der Waals surface area contributed by atoms with Gasteiger partial charge in [-0.2, -0.15) is 13.2 Å². The van der Waals surface area contributed by atoms with Gasteiger partial charge in [-0.05, 0) is 70.1 Å². The number of amides is 3. The first-order valence-corrected chi connectivity index (χ1v) is 14.9. The van der Waals surface area contributed by atoms with Crippen molar-refractivity contribution in [3.63, 3.8) is 0 Å². The van der Waals surface area contributed by atoms with Crippen LogP contribution in [0, 0.1) is 0 Å². The van der Waals surface area contributed by atoms with E-state index in [0.717, 1.165) is 28.5 Å². The molecule has 13 heteroatoms. The van der Waals surface area contributed by atoms with E-state index in [0.29, 0.717) is 44.3 Å². The van der Waals surface area contributed by atoms with E-state index >= 15 is 0 Å². The SMILES string of the molecule is COc1ccc(C(F)(F)F)cc1NC(=O)CN1C(=O)S/C(=C\c2cc(OC)c(OCc3cccc4ccccc34)cc2Br)C1=O. The number of alkyl halides is 3. The van der Waals surface area contributed by atoms with Crippen LogP contribution in [0.3, 0.4) is 0 Å². The van der Waals surface area contributed by atoms with E-state index in [4.69, 9.17) is 14.2 Å². The summed E-state index contributed by atoms with van der Waals surface area (Å²) in [6, 6.07) is 19.8. The van der Waals surface area contributed by atoms with Gasteiger partial charge < -0.3 is 19.5 Å². The Balaban J connectivity index is 1.30. The second kappa shape index (κ2) is 13.2. The molecule has 0 bridgehead atoms. The Morgan fingerprint density at radius 2 is 1.69 bits per heavy atom. The second-order valence-electron chi connectivity index (χ2n) is 9.68. The molecule has 3 amide bonds. The fraction of sp³-hybridized carbons (Fsp3) is 0.156. The molecule has 1 aliphatic rings. The van der Waals surface area contributed by atoms with Crippen molar-refractivity contribution in [1.82, 2.24) is 4.90 Å². The Morgan fingerprint density at radius 3 is 2.42 bits per heavy atom. The molecular weight excluding hydrogens is 677 g/mol. The first-order chi connectivity index (χ1) is 21.5. The van der Waals surface area contributed by atoms with E-state index in [2.05, 4.69) is 21.2 Å². The van der Waals surface area contributed by atoms with Crippen LogP contribution in [0.15, 0.2) is 82.2 Å². The fourth-order valence-electron chi connectivity index (χ4n) is 4.60.